The fourth-order valence-electron chi connectivity index (χ4n) is 2.01. The third kappa shape index (κ3) is 4.03. The summed E-state index contributed by atoms with van der Waals surface area (Å²) in [5.74, 6) is -1.90. The minimum atomic E-state index is -0.913. The predicted octanol–water partition coefficient (Wildman–Crippen LogP) is 3.36. The second kappa shape index (κ2) is 6.48. The van der Waals surface area contributed by atoms with Crippen LogP contribution in [0.3, 0.4) is 0 Å². The molecule has 1 aromatic heterocycles. The Morgan fingerprint density at radius 1 is 1.25 bits per heavy atom. The Morgan fingerprint density at radius 2 is 2.00 bits per heavy atom. The molecule has 3 nitrogen and oxygen atoms in total. The molecule has 0 aliphatic heterocycles. The molecule has 1 N–H and O–H groups in total. The number of aromatic nitrogens is 1. The van der Waals surface area contributed by atoms with Crippen LogP contribution in [0.5, 0.6) is 0 Å². The van der Waals surface area contributed by atoms with Crippen molar-refractivity contribution >= 4 is 17.6 Å². The lowest BCUT2D eigenvalue weighted by molar-refractivity contribution is -0.141. The lowest BCUT2D eigenvalue weighted by Crippen LogP contribution is -2.19. The van der Waals surface area contributed by atoms with Crippen LogP contribution in [0.2, 0.25) is 5.15 Å². The number of carboxylic acid groups (broad SMARTS) is 1. The van der Waals surface area contributed by atoms with Gasteiger partial charge in [-0.3, -0.25) is 4.79 Å². The zero-order valence-corrected chi connectivity index (χ0v) is 11.3. The van der Waals surface area contributed by atoms with Crippen molar-refractivity contribution in [3.63, 3.8) is 0 Å². The van der Waals surface area contributed by atoms with E-state index < -0.39 is 11.9 Å². The molecule has 0 aliphatic rings. The molecule has 0 amide bonds. The van der Waals surface area contributed by atoms with Gasteiger partial charge in [0, 0.05) is 6.20 Å². The van der Waals surface area contributed by atoms with Gasteiger partial charge in [0.05, 0.1) is 5.92 Å². The first-order valence-electron chi connectivity index (χ1n) is 6.12. The Bertz CT molecular complexity index is 601. The molecule has 5 heteroatoms. The first-order chi connectivity index (χ1) is 9.54. The van der Waals surface area contributed by atoms with Gasteiger partial charge < -0.3 is 5.11 Å². The Balaban J connectivity index is 2.11. The topological polar surface area (TPSA) is 50.2 Å². The highest BCUT2D eigenvalue weighted by atomic mass is 35.5. The minimum absolute atomic E-state index is 0.274. The summed E-state index contributed by atoms with van der Waals surface area (Å²) < 4.78 is 13.1. The third-order valence-electron chi connectivity index (χ3n) is 2.99. The number of benzene rings is 1. The molecule has 0 aliphatic carbocycles. The summed E-state index contributed by atoms with van der Waals surface area (Å²) in [5.41, 5.74) is 1.46. The number of nitrogens with zero attached hydrogens (tertiary/aromatic N) is 1. The van der Waals surface area contributed by atoms with Crippen LogP contribution < -0.4 is 0 Å². The van der Waals surface area contributed by atoms with Crippen molar-refractivity contribution in [2.24, 2.45) is 5.92 Å². The van der Waals surface area contributed by atoms with Gasteiger partial charge in [-0.15, -0.1) is 0 Å². The van der Waals surface area contributed by atoms with Crippen molar-refractivity contribution in [3.05, 3.63) is 64.7 Å². The Labute approximate surface area is 121 Å². The molecular formula is C15H13ClFNO2. The van der Waals surface area contributed by atoms with Crippen molar-refractivity contribution in [2.75, 3.05) is 0 Å². The molecular weight excluding hydrogens is 281 g/mol. The smallest absolute Gasteiger partial charge is 0.307 e. The Morgan fingerprint density at radius 3 is 2.60 bits per heavy atom. The van der Waals surface area contributed by atoms with Crippen molar-refractivity contribution in [3.8, 4) is 0 Å². The van der Waals surface area contributed by atoms with E-state index in [1.807, 2.05) is 0 Å². The Hall–Kier alpha value is -1.94. The van der Waals surface area contributed by atoms with Crippen LogP contribution in [-0.4, -0.2) is 16.1 Å². The summed E-state index contributed by atoms with van der Waals surface area (Å²) in [4.78, 5) is 15.2. The third-order valence-corrected chi connectivity index (χ3v) is 3.21. The van der Waals surface area contributed by atoms with Crippen molar-refractivity contribution in [1.82, 2.24) is 4.98 Å². The van der Waals surface area contributed by atoms with Gasteiger partial charge in [0.2, 0.25) is 0 Å². The molecule has 0 bridgehead atoms. The molecule has 0 saturated carbocycles. The van der Waals surface area contributed by atoms with Gasteiger partial charge in [-0.05, 0) is 42.2 Å². The van der Waals surface area contributed by atoms with E-state index in [2.05, 4.69) is 4.98 Å². The first-order valence-corrected chi connectivity index (χ1v) is 6.50. The van der Waals surface area contributed by atoms with Crippen molar-refractivity contribution in [1.29, 1.82) is 0 Å². The molecule has 0 spiro atoms. The minimum Gasteiger partial charge on any atom is -0.481 e. The maximum absolute atomic E-state index is 13.1. The number of halogens is 2. The van der Waals surface area contributed by atoms with Gasteiger partial charge in [-0.25, -0.2) is 9.37 Å². The van der Waals surface area contributed by atoms with Crippen LogP contribution in [0.1, 0.15) is 11.1 Å². The van der Waals surface area contributed by atoms with Crippen molar-refractivity contribution < 1.29 is 14.3 Å². The van der Waals surface area contributed by atoms with Gasteiger partial charge >= 0.3 is 5.97 Å². The molecule has 0 radical (unpaired) electrons. The highest BCUT2D eigenvalue weighted by molar-refractivity contribution is 6.29. The maximum Gasteiger partial charge on any atom is 0.307 e. The standard InChI is InChI=1S/C15H13ClFNO2/c16-14-5-4-11(9-18-14)7-12(15(19)20)6-10-2-1-3-13(17)8-10/h1-5,8-9,12H,6-7H2,(H,19,20). The number of carboxylic acids is 1. The molecule has 1 aromatic carbocycles. The average molecular weight is 294 g/mol. The van der Waals surface area contributed by atoms with Crippen LogP contribution >= 0.6 is 11.6 Å². The zero-order chi connectivity index (χ0) is 14.5. The number of hydrogen-bond donors (Lipinski definition) is 1. The molecule has 1 heterocycles. The molecule has 1 atom stereocenters. The highest BCUT2D eigenvalue weighted by Crippen LogP contribution is 2.16. The highest BCUT2D eigenvalue weighted by Gasteiger charge is 2.19. The van der Waals surface area contributed by atoms with Crippen LogP contribution in [0.15, 0.2) is 42.6 Å². The summed E-state index contributed by atoms with van der Waals surface area (Å²) in [6, 6.07) is 9.36. The average Bonchev–Trinajstić information content (AvgIpc) is 2.40. The summed E-state index contributed by atoms with van der Waals surface area (Å²) in [7, 11) is 0. The van der Waals surface area contributed by atoms with Crippen LogP contribution in [-0.2, 0) is 17.6 Å². The maximum atomic E-state index is 13.1. The molecule has 104 valence electrons. The van der Waals surface area contributed by atoms with Gasteiger partial charge in [0.1, 0.15) is 11.0 Å². The number of carbonyl (C=O) groups is 1. The summed E-state index contributed by atoms with van der Waals surface area (Å²) >= 11 is 5.69. The van der Waals surface area contributed by atoms with E-state index in [0.29, 0.717) is 17.1 Å². The van der Waals surface area contributed by atoms with Gasteiger partial charge in [0.25, 0.3) is 0 Å². The lowest BCUT2D eigenvalue weighted by atomic mass is 9.93. The molecule has 0 fully saturated rings. The Kier molecular flexibility index (Phi) is 4.69. The van der Waals surface area contributed by atoms with Gasteiger partial charge in [-0.2, -0.15) is 0 Å². The van der Waals surface area contributed by atoms with Gasteiger partial charge in [-0.1, -0.05) is 29.8 Å². The van der Waals surface area contributed by atoms with Crippen molar-refractivity contribution in [2.45, 2.75) is 12.8 Å². The number of hydrogen-bond acceptors (Lipinski definition) is 2. The number of pyridine rings is 1. The largest absolute Gasteiger partial charge is 0.481 e. The normalized spacial score (nSPS) is 12.1. The lowest BCUT2D eigenvalue weighted by Gasteiger charge is -2.12. The molecule has 1 unspecified atom stereocenters. The molecule has 0 saturated heterocycles. The molecule has 2 rings (SSSR count). The molecule has 2 aromatic rings. The van der Waals surface area contributed by atoms with E-state index in [-0.39, 0.29) is 12.2 Å². The van der Waals surface area contributed by atoms with Crippen LogP contribution in [0.4, 0.5) is 4.39 Å². The molecule has 20 heavy (non-hydrogen) atoms. The quantitative estimate of drug-likeness (QED) is 0.860. The number of rotatable bonds is 5. The van der Waals surface area contributed by atoms with E-state index in [0.717, 1.165) is 5.56 Å². The number of aliphatic carboxylic acids is 1. The summed E-state index contributed by atoms with van der Waals surface area (Å²) in [6.45, 7) is 0. The second-order valence-electron chi connectivity index (χ2n) is 4.56. The SMILES string of the molecule is O=C(O)C(Cc1ccc(Cl)nc1)Cc1cccc(F)c1. The van der Waals surface area contributed by atoms with E-state index in [1.165, 1.54) is 12.1 Å². The first kappa shape index (κ1) is 14.5. The van der Waals surface area contributed by atoms with E-state index in [9.17, 15) is 14.3 Å². The fourth-order valence-corrected chi connectivity index (χ4v) is 2.12. The van der Waals surface area contributed by atoms with E-state index in [1.54, 1.807) is 30.5 Å². The summed E-state index contributed by atoms with van der Waals surface area (Å²) in [6.07, 6.45) is 2.16. The van der Waals surface area contributed by atoms with E-state index in [4.69, 9.17) is 11.6 Å². The summed E-state index contributed by atoms with van der Waals surface area (Å²) in [5, 5.41) is 9.65. The van der Waals surface area contributed by atoms with Gasteiger partial charge in [0.15, 0.2) is 0 Å². The monoisotopic (exact) mass is 293 g/mol. The van der Waals surface area contributed by atoms with Crippen LogP contribution in [0.25, 0.3) is 0 Å². The van der Waals surface area contributed by atoms with E-state index >= 15 is 0 Å². The fraction of sp³-hybridized carbons (Fsp3) is 0.200. The second-order valence-corrected chi connectivity index (χ2v) is 4.95. The predicted molar refractivity (Wildman–Crippen MR) is 74.2 cm³/mol. The van der Waals surface area contributed by atoms with Crippen LogP contribution in [0, 0.1) is 11.7 Å². The zero-order valence-electron chi connectivity index (χ0n) is 10.6.